The smallest absolute Gasteiger partial charge is 0.146 e. The van der Waals surface area contributed by atoms with Crippen LogP contribution in [0.1, 0.15) is 132 Å². The molecule has 0 unspecified atom stereocenters. The lowest BCUT2D eigenvalue weighted by molar-refractivity contribution is -0.150. The minimum atomic E-state index is -0.128. The monoisotopic (exact) mass is 1090 g/mol. The zero-order valence-electron chi connectivity index (χ0n) is 49.0. The summed E-state index contributed by atoms with van der Waals surface area (Å²) < 4.78 is 46.5. The van der Waals surface area contributed by atoms with E-state index in [0.717, 1.165) is 174 Å². The summed E-state index contributed by atoms with van der Waals surface area (Å²) in [5.74, 6) is 3.00. The van der Waals surface area contributed by atoms with Gasteiger partial charge in [0.1, 0.15) is 23.0 Å². The molecule has 1 aliphatic carbocycles. The van der Waals surface area contributed by atoms with Gasteiger partial charge in [-0.25, -0.2) is 0 Å². The molecule has 0 radical (unpaired) electrons. The Hall–Kier alpha value is -6.04. The largest absolute Gasteiger partial charge is 0.497 e. The van der Waals surface area contributed by atoms with Gasteiger partial charge in [-0.2, -0.15) is 0 Å². The van der Waals surface area contributed by atoms with E-state index in [2.05, 4.69) is 133 Å². The Bertz CT molecular complexity index is 2600. The van der Waals surface area contributed by atoms with Crippen molar-refractivity contribution in [3.8, 4) is 23.0 Å². The molecule has 10 heteroatoms. The maximum absolute atomic E-state index is 6.06. The second-order valence-corrected chi connectivity index (χ2v) is 22.9. The van der Waals surface area contributed by atoms with Crippen LogP contribution in [-0.2, 0) is 37.2 Å². The molecule has 0 N–H and O–H groups in total. The van der Waals surface area contributed by atoms with E-state index in [1.54, 1.807) is 28.4 Å². The van der Waals surface area contributed by atoms with Crippen LogP contribution in [0.4, 0.5) is 34.1 Å². The number of unbranched alkanes of at least 4 members (excludes halogenated alkanes) is 6. The van der Waals surface area contributed by atoms with Crippen molar-refractivity contribution in [3.05, 3.63) is 156 Å². The first-order valence-electron chi connectivity index (χ1n) is 30.0. The predicted molar refractivity (Wildman–Crippen MR) is 325 cm³/mol. The highest BCUT2D eigenvalue weighted by Gasteiger charge is 2.39. The van der Waals surface area contributed by atoms with E-state index in [4.69, 9.17) is 37.9 Å². The van der Waals surface area contributed by atoms with Gasteiger partial charge in [0.25, 0.3) is 0 Å². The van der Waals surface area contributed by atoms with Crippen molar-refractivity contribution in [2.24, 2.45) is 10.8 Å². The molecule has 2 heterocycles. The van der Waals surface area contributed by atoms with Crippen molar-refractivity contribution < 1.29 is 37.9 Å². The van der Waals surface area contributed by atoms with Gasteiger partial charge in [-0.1, -0.05) is 107 Å². The average Bonchev–Trinajstić information content (AvgIpc) is 3.53. The topological polar surface area (TPSA) is 80.3 Å². The highest BCUT2D eigenvalue weighted by atomic mass is 16.5. The van der Waals surface area contributed by atoms with E-state index in [0.29, 0.717) is 0 Å². The van der Waals surface area contributed by atoms with Crippen LogP contribution < -0.4 is 28.7 Å². The van der Waals surface area contributed by atoms with Crippen LogP contribution in [0.15, 0.2) is 133 Å². The van der Waals surface area contributed by atoms with Gasteiger partial charge in [0, 0.05) is 64.3 Å². The molecule has 0 aromatic heterocycles. The van der Waals surface area contributed by atoms with Crippen molar-refractivity contribution in [2.45, 2.75) is 128 Å². The molecule has 428 valence electrons. The Morgan fingerprint density at radius 3 is 1.12 bits per heavy atom. The summed E-state index contributed by atoms with van der Waals surface area (Å²) in [5, 5.41) is 0. The van der Waals surface area contributed by atoms with Gasteiger partial charge in [-0.15, -0.1) is 0 Å². The lowest BCUT2D eigenvalue weighted by atomic mass is 9.65. The van der Waals surface area contributed by atoms with Crippen molar-refractivity contribution in [1.29, 1.82) is 0 Å². The third-order valence-corrected chi connectivity index (χ3v) is 17.7. The number of anilines is 6. The third-order valence-electron chi connectivity index (χ3n) is 17.7. The number of aryl methyl sites for hydroxylation is 2. The van der Waals surface area contributed by atoms with Crippen LogP contribution in [0, 0.1) is 10.8 Å². The lowest BCUT2D eigenvalue weighted by Gasteiger charge is -2.40. The van der Waals surface area contributed by atoms with Gasteiger partial charge >= 0.3 is 0 Å². The van der Waals surface area contributed by atoms with Crippen molar-refractivity contribution >= 4 is 34.1 Å². The number of methoxy groups -OCH3 is 4. The van der Waals surface area contributed by atoms with Gasteiger partial charge in [0.15, 0.2) is 0 Å². The predicted octanol–water partition coefficient (Wildman–Crippen LogP) is 17.0. The van der Waals surface area contributed by atoms with E-state index < -0.39 is 0 Å². The van der Waals surface area contributed by atoms with Gasteiger partial charge in [0.2, 0.25) is 0 Å². The third kappa shape index (κ3) is 14.2. The molecule has 0 atom stereocenters. The second-order valence-electron chi connectivity index (χ2n) is 22.9. The van der Waals surface area contributed by atoms with Gasteiger partial charge in [-0.05, 0) is 159 Å². The first-order valence-corrected chi connectivity index (χ1v) is 30.0. The number of benzene rings is 6. The Kier molecular flexibility index (Phi) is 20.9. The average molecular weight is 1090 g/mol. The van der Waals surface area contributed by atoms with Crippen LogP contribution >= 0.6 is 0 Å². The van der Waals surface area contributed by atoms with Crippen LogP contribution in [0.25, 0.3) is 0 Å². The van der Waals surface area contributed by atoms with Crippen molar-refractivity contribution in [3.63, 3.8) is 0 Å². The Balaban J connectivity index is 0.904. The van der Waals surface area contributed by atoms with Crippen LogP contribution in [0.3, 0.4) is 0 Å². The summed E-state index contributed by atoms with van der Waals surface area (Å²) >= 11 is 0. The molecular weight excluding hydrogens is 997 g/mol. The molecule has 1 saturated carbocycles. The maximum atomic E-state index is 6.06. The summed E-state index contributed by atoms with van der Waals surface area (Å²) in [6.07, 6.45) is 19.4. The van der Waals surface area contributed by atoms with E-state index in [1.165, 1.54) is 67.2 Å². The normalized spacial score (nSPS) is 16.0. The maximum Gasteiger partial charge on any atom is 0.146 e. The summed E-state index contributed by atoms with van der Waals surface area (Å²) in [5.41, 5.74) is 12.0. The van der Waals surface area contributed by atoms with Crippen LogP contribution in [0.2, 0.25) is 0 Å². The molecule has 10 nitrogen and oxygen atoms in total. The van der Waals surface area contributed by atoms with E-state index >= 15 is 0 Å². The Morgan fingerprint density at radius 1 is 0.412 bits per heavy atom. The number of rotatable bonds is 32. The molecule has 80 heavy (non-hydrogen) atoms. The molecule has 0 spiro atoms. The number of ether oxygens (including phenoxy) is 8. The second kappa shape index (κ2) is 28.6. The van der Waals surface area contributed by atoms with E-state index in [-0.39, 0.29) is 16.2 Å². The Morgan fingerprint density at radius 2 is 0.787 bits per heavy atom. The SMILES string of the molecule is CCC1(COCCCCCCc2ccc(N(c3ccc(C4(c5ccc(N(c6ccc(CCCCCCOCC7(CC)COC7)cc6)c6ccc(OC)cc6OC)cc5)CCCCC4)cc3)c3ccc(OC)cc3OC)cc2)COC1. The Labute approximate surface area is 479 Å². The number of nitrogens with zero attached hydrogens (tertiary/aromatic N) is 2. The molecule has 9 rings (SSSR count). The molecule has 3 fully saturated rings. The molecule has 0 bridgehead atoms. The van der Waals surface area contributed by atoms with Crippen molar-refractivity contribution in [1.82, 2.24) is 0 Å². The van der Waals surface area contributed by atoms with Crippen LogP contribution in [0.5, 0.6) is 23.0 Å². The van der Waals surface area contributed by atoms with Crippen molar-refractivity contribution in [2.75, 3.05) is 91.1 Å². The van der Waals surface area contributed by atoms with Gasteiger partial charge < -0.3 is 47.7 Å². The highest BCUT2D eigenvalue weighted by Crippen LogP contribution is 2.49. The molecular formula is C70H90N2O8. The summed E-state index contributed by atoms with van der Waals surface area (Å²) in [6.45, 7) is 11.2. The lowest BCUT2D eigenvalue weighted by Crippen LogP contribution is -2.45. The number of hydrogen-bond donors (Lipinski definition) is 0. The molecule has 6 aromatic rings. The van der Waals surface area contributed by atoms with E-state index in [1.807, 2.05) is 24.3 Å². The molecule has 2 aliphatic heterocycles. The zero-order chi connectivity index (χ0) is 55.6. The highest BCUT2D eigenvalue weighted by molar-refractivity contribution is 5.82. The molecule has 3 aliphatic rings. The summed E-state index contributed by atoms with van der Waals surface area (Å²) in [6, 6.07) is 49.1. The minimum absolute atomic E-state index is 0.128. The first-order chi connectivity index (χ1) is 39.3. The molecule has 2 saturated heterocycles. The quantitative estimate of drug-likeness (QED) is 0.0381. The van der Waals surface area contributed by atoms with Crippen LogP contribution in [-0.4, -0.2) is 81.3 Å². The minimum Gasteiger partial charge on any atom is -0.497 e. The standard InChI is InChI=1S/C70H90N2O8/c1-7-68(50-79-51-68)48-77-44-18-11-9-14-20-54-22-30-58(31-23-54)71(64-40-38-62(73-3)46-66(64)75-5)60-34-26-56(27-35-60)70(42-16-13-17-43-70)57-28-36-61(37-29-57)72(65-41-39-63(74-4)47-67(65)76-6)59-32-24-55(25-33-59)21-15-10-12-19-45-78-49-69(8-2)52-80-53-69/h22-41,46-47H,7-21,42-45,48-53H2,1-6H3. The fourth-order valence-corrected chi connectivity index (χ4v) is 12.1. The fourth-order valence-electron chi connectivity index (χ4n) is 12.1. The molecule has 0 amide bonds. The first kappa shape index (κ1) is 58.6. The summed E-state index contributed by atoms with van der Waals surface area (Å²) in [7, 11) is 6.86. The van der Waals surface area contributed by atoms with Gasteiger partial charge in [-0.3, -0.25) is 0 Å². The molecule has 6 aromatic carbocycles. The van der Waals surface area contributed by atoms with Gasteiger partial charge in [0.05, 0.1) is 79.5 Å². The number of hydrogen-bond acceptors (Lipinski definition) is 10. The zero-order valence-corrected chi connectivity index (χ0v) is 49.0. The van der Waals surface area contributed by atoms with E-state index in [9.17, 15) is 0 Å². The fraction of sp³-hybridized carbons (Fsp3) is 0.486. The summed E-state index contributed by atoms with van der Waals surface area (Å²) in [4.78, 5) is 4.63.